The lowest BCUT2D eigenvalue weighted by molar-refractivity contribution is -0.155. The molecule has 0 radical (unpaired) electrons. The summed E-state index contributed by atoms with van der Waals surface area (Å²) in [6.07, 6.45) is 0. The first-order chi connectivity index (χ1) is 9.60. The van der Waals surface area contributed by atoms with Gasteiger partial charge in [0.1, 0.15) is 12.1 Å². The zero-order valence-electron chi connectivity index (χ0n) is 11.7. The predicted molar refractivity (Wildman–Crippen MR) is 77.7 cm³/mol. The molecule has 7 heteroatoms. The number of halogens is 2. The first-order valence-corrected chi connectivity index (χ1v) is 6.93. The van der Waals surface area contributed by atoms with Gasteiger partial charge >= 0.3 is 5.97 Å². The Labute approximate surface area is 131 Å². The van der Waals surface area contributed by atoms with Gasteiger partial charge in [0, 0.05) is 0 Å². The van der Waals surface area contributed by atoms with Gasteiger partial charge in [-0.1, -0.05) is 23.2 Å². The van der Waals surface area contributed by atoms with E-state index in [0.717, 1.165) is 4.90 Å². The van der Waals surface area contributed by atoms with Crippen molar-refractivity contribution in [2.24, 2.45) is 0 Å². The van der Waals surface area contributed by atoms with E-state index in [-0.39, 0.29) is 21.2 Å². The molecule has 1 heterocycles. The Balaban J connectivity index is 2.24. The van der Waals surface area contributed by atoms with Crippen LogP contribution in [-0.2, 0) is 9.53 Å². The molecule has 0 saturated carbocycles. The maximum Gasteiger partial charge on any atom is 0.326 e. The second-order valence-electron chi connectivity index (χ2n) is 5.59. The van der Waals surface area contributed by atoms with Crippen molar-refractivity contribution in [3.63, 3.8) is 0 Å². The summed E-state index contributed by atoms with van der Waals surface area (Å²) in [5.74, 6) is -1.83. The maximum absolute atomic E-state index is 12.2. The van der Waals surface area contributed by atoms with Crippen LogP contribution in [0.25, 0.3) is 0 Å². The first-order valence-electron chi connectivity index (χ1n) is 6.17. The molecule has 1 aromatic rings. The zero-order chi connectivity index (χ0) is 15.9. The Morgan fingerprint density at radius 1 is 1.10 bits per heavy atom. The van der Waals surface area contributed by atoms with Crippen LogP contribution in [0.2, 0.25) is 10.0 Å². The minimum Gasteiger partial charge on any atom is -0.459 e. The number of esters is 1. The number of ether oxygens (including phenoxy) is 1. The third-order valence-corrected chi connectivity index (χ3v) is 3.44. The normalized spacial score (nSPS) is 14.4. The molecule has 5 nitrogen and oxygen atoms in total. The van der Waals surface area contributed by atoms with E-state index in [1.54, 1.807) is 20.8 Å². The number of hydrogen-bond donors (Lipinski definition) is 0. The minimum atomic E-state index is -0.692. The molecule has 112 valence electrons. The van der Waals surface area contributed by atoms with Gasteiger partial charge in [0.15, 0.2) is 0 Å². The number of nitrogens with zero attached hydrogens (tertiary/aromatic N) is 1. The lowest BCUT2D eigenvalue weighted by Gasteiger charge is -2.21. The lowest BCUT2D eigenvalue weighted by atomic mass is 10.1. The van der Waals surface area contributed by atoms with Gasteiger partial charge < -0.3 is 4.74 Å². The molecule has 21 heavy (non-hydrogen) atoms. The van der Waals surface area contributed by atoms with Crippen molar-refractivity contribution in [3.05, 3.63) is 33.3 Å². The fraction of sp³-hybridized carbons (Fsp3) is 0.357. The summed E-state index contributed by atoms with van der Waals surface area (Å²) >= 11 is 11.7. The molecule has 0 saturated heterocycles. The monoisotopic (exact) mass is 329 g/mol. The summed E-state index contributed by atoms with van der Waals surface area (Å²) in [6, 6.07) is 2.66. The summed E-state index contributed by atoms with van der Waals surface area (Å²) in [7, 11) is 0. The number of amides is 2. The molecule has 2 rings (SSSR count). The van der Waals surface area contributed by atoms with E-state index < -0.39 is 29.9 Å². The van der Waals surface area contributed by atoms with Crippen LogP contribution in [-0.4, -0.2) is 34.8 Å². The Morgan fingerprint density at radius 3 is 1.90 bits per heavy atom. The second-order valence-corrected chi connectivity index (χ2v) is 6.41. The van der Waals surface area contributed by atoms with Crippen LogP contribution in [0.1, 0.15) is 41.5 Å². The molecule has 0 bridgehead atoms. The standard InChI is InChI=1S/C14H13Cl2NO4/c1-14(2,3)21-11(18)6-17-12(19)7-4-9(15)10(16)5-8(7)13(17)20/h4-5H,6H2,1-3H3. The van der Waals surface area contributed by atoms with Crippen molar-refractivity contribution in [2.45, 2.75) is 26.4 Å². The van der Waals surface area contributed by atoms with Gasteiger partial charge in [-0.15, -0.1) is 0 Å². The van der Waals surface area contributed by atoms with Crippen molar-refractivity contribution < 1.29 is 19.1 Å². The van der Waals surface area contributed by atoms with E-state index in [9.17, 15) is 14.4 Å². The molecule has 0 atom stereocenters. The third-order valence-electron chi connectivity index (χ3n) is 2.72. The number of carbonyl (C=O) groups is 3. The molecule has 1 aromatic carbocycles. The van der Waals surface area contributed by atoms with E-state index in [0.29, 0.717) is 0 Å². The summed E-state index contributed by atoms with van der Waals surface area (Å²) < 4.78 is 5.11. The molecule has 0 spiro atoms. The quantitative estimate of drug-likeness (QED) is 0.618. The topological polar surface area (TPSA) is 63.7 Å². The number of hydrogen-bond acceptors (Lipinski definition) is 4. The number of rotatable bonds is 2. The largest absolute Gasteiger partial charge is 0.459 e. The fourth-order valence-corrected chi connectivity index (χ4v) is 2.26. The highest BCUT2D eigenvalue weighted by molar-refractivity contribution is 6.43. The third kappa shape index (κ3) is 3.19. The summed E-state index contributed by atoms with van der Waals surface area (Å²) in [6.45, 7) is 4.66. The maximum atomic E-state index is 12.2. The van der Waals surface area contributed by atoms with Gasteiger partial charge in [-0.3, -0.25) is 19.3 Å². The summed E-state index contributed by atoms with van der Waals surface area (Å²) in [4.78, 5) is 36.9. The smallest absolute Gasteiger partial charge is 0.326 e. The minimum absolute atomic E-state index is 0.137. The average Bonchev–Trinajstić information content (AvgIpc) is 2.54. The molecule has 0 aromatic heterocycles. The molecular weight excluding hydrogens is 317 g/mol. The van der Waals surface area contributed by atoms with Crippen LogP contribution < -0.4 is 0 Å². The van der Waals surface area contributed by atoms with Gasteiger partial charge in [0.05, 0.1) is 21.2 Å². The Bertz CT molecular complexity index is 608. The molecule has 1 aliphatic rings. The molecule has 0 fully saturated rings. The SMILES string of the molecule is CC(C)(C)OC(=O)CN1C(=O)c2cc(Cl)c(Cl)cc2C1=O. The van der Waals surface area contributed by atoms with Crippen LogP contribution in [0.15, 0.2) is 12.1 Å². The van der Waals surface area contributed by atoms with E-state index >= 15 is 0 Å². The van der Waals surface area contributed by atoms with Crippen LogP contribution in [0.3, 0.4) is 0 Å². The van der Waals surface area contributed by atoms with E-state index in [1.165, 1.54) is 12.1 Å². The van der Waals surface area contributed by atoms with Crippen molar-refractivity contribution in [1.29, 1.82) is 0 Å². The first kappa shape index (κ1) is 15.8. The molecule has 2 amide bonds. The Morgan fingerprint density at radius 2 is 1.52 bits per heavy atom. The van der Waals surface area contributed by atoms with Crippen LogP contribution in [0.5, 0.6) is 0 Å². The highest BCUT2D eigenvalue weighted by Crippen LogP contribution is 2.31. The van der Waals surface area contributed by atoms with Gasteiger partial charge in [0.2, 0.25) is 0 Å². The van der Waals surface area contributed by atoms with Gasteiger partial charge in [-0.05, 0) is 32.9 Å². The van der Waals surface area contributed by atoms with E-state index in [4.69, 9.17) is 27.9 Å². The number of carbonyl (C=O) groups excluding carboxylic acids is 3. The Hall–Kier alpha value is -1.59. The molecular formula is C14H13Cl2NO4. The van der Waals surface area contributed by atoms with Gasteiger partial charge in [-0.25, -0.2) is 0 Å². The van der Waals surface area contributed by atoms with Crippen LogP contribution >= 0.6 is 23.2 Å². The second kappa shape index (κ2) is 5.31. The van der Waals surface area contributed by atoms with Crippen molar-refractivity contribution >= 4 is 41.0 Å². The van der Waals surface area contributed by atoms with Gasteiger partial charge in [-0.2, -0.15) is 0 Å². The fourth-order valence-electron chi connectivity index (χ4n) is 1.93. The molecule has 0 N–H and O–H groups in total. The molecule has 0 unspecified atom stereocenters. The van der Waals surface area contributed by atoms with Crippen molar-refractivity contribution in [3.8, 4) is 0 Å². The molecule has 0 aliphatic carbocycles. The van der Waals surface area contributed by atoms with Crippen LogP contribution in [0, 0.1) is 0 Å². The average molecular weight is 330 g/mol. The highest BCUT2D eigenvalue weighted by atomic mass is 35.5. The zero-order valence-corrected chi connectivity index (χ0v) is 13.2. The number of fused-ring (bicyclic) bond motifs is 1. The molecule has 1 aliphatic heterocycles. The van der Waals surface area contributed by atoms with Gasteiger partial charge in [0.25, 0.3) is 11.8 Å². The number of imide groups is 1. The number of benzene rings is 1. The van der Waals surface area contributed by atoms with Crippen molar-refractivity contribution in [1.82, 2.24) is 4.90 Å². The highest BCUT2D eigenvalue weighted by Gasteiger charge is 2.38. The van der Waals surface area contributed by atoms with E-state index in [1.807, 2.05) is 0 Å². The van der Waals surface area contributed by atoms with Crippen molar-refractivity contribution in [2.75, 3.05) is 6.54 Å². The van der Waals surface area contributed by atoms with E-state index in [2.05, 4.69) is 0 Å². The predicted octanol–water partition coefficient (Wildman–Crippen LogP) is 2.93. The summed E-state index contributed by atoms with van der Waals surface area (Å²) in [5, 5.41) is 0.353. The van der Waals surface area contributed by atoms with Crippen LogP contribution in [0.4, 0.5) is 0 Å². The summed E-state index contributed by atoms with van der Waals surface area (Å²) in [5.41, 5.74) is -0.418. The lowest BCUT2D eigenvalue weighted by Crippen LogP contribution is -2.38. The Kier molecular flexibility index (Phi) is 4.00.